The van der Waals surface area contributed by atoms with Crippen LogP contribution in [0.25, 0.3) is 0 Å². The minimum absolute atomic E-state index is 0.0815. The van der Waals surface area contributed by atoms with Crippen molar-refractivity contribution in [2.45, 2.75) is 13.3 Å². The number of urea groups is 1. The normalized spacial score (nSPS) is 16.2. The highest BCUT2D eigenvalue weighted by Gasteiger charge is 2.03. The molecule has 0 unspecified atom stereocenters. The third-order valence-corrected chi connectivity index (χ3v) is 1.97. The van der Waals surface area contributed by atoms with Gasteiger partial charge >= 0.3 is 6.03 Å². The molecule has 0 aromatic rings. The van der Waals surface area contributed by atoms with Crippen molar-refractivity contribution in [1.29, 1.82) is 0 Å². The number of hydrogen-bond acceptors (Lipinski definition) is 2. The molecule has 0 atom stereocenters. The summed E-state index contributed by atoms with van der Waals surface area (Å²) < 4.78 is 0. The molecule has 1 aliphatic heterocycles. The number of carbonyl (C=O) groups is 1. The minimum Gasteiger partial charge on any atom is -0.338 e. The summed E-state index contributed by atoms with van der Waals surface area (Å²) in [4.78, 5) is 11.0. The van der Waals surface area contributed by atoms with Crippen molar-refractivity contribution >= 4 is 6.03 Å². The van der Waals surface area contributed by atoms with Crippen LogP contribution in [0, 0.1) is 0 Å². The maximum Gasteiger partial charge on any atom is 0.315 e. The lowest BCUT2D eigenvalue weighted by Crippen LogP contribution is -2.37. The van der Waals surface area contributed by atoms with Crippen LogP contribution in [0.2, 0.25) is 0 Å². The van der Waals surface area contributed by atoms with Gasteiger partial charge in [0, 0.05) is 19.6 Å². The van der Waals surface area contributed by atoms with Crippen LogP contribution in [0.4, 0.5) is 4.79 Å². The van der Waals surface area contributed by atoms with E-state index in [-0.39, 0.29) is 6.03 Å². The molecule has 0 radical (unpaired) electrons. The van der Waals surface area contributed by atoms with Gasteiger partial charge in [-0.15, -0.1) is 0 Å². The maximum absolute atomic E-state index is 11.0. The zero-order valence-corrected chi connectivity index (χ0v) is 8.02. The number of hydrogen-bond donors (Lipinski definition) is 3. The van der Waals surface area contributed by atoms with Crippen LogP contribution < -0.4 is 16.0 Å². The van der Waals surface area contributed by atoms with E-state index >= 15 is 0 Å². The van der Waals surface area contributed by atoms with Crippen molar-refractivity contribution in [1.82, 2.24) is 16.0 Å². The van der Waals surface area contributed by atoms with Crippen LogP contribution in [0.1, 0.15) is 13.3 Å². The fourth-order valence-electron chi connectivity index (χ4n) is 1.25. The molecule has 1 heterocycles. The average Bonchev–Trinajstić information content (AvgIpc) is 2.17. The number of nitrogens with one attached hydrogen (secondary N) is 3. The van der Waals surface area contributed by atoms with Crippen molar-refractivity contribution in [3.8, 4) is 0 Å². The van der Waals surface area contributed by atoms with E-state index in [4.69, 9.17) is 0 Å². The van der Waals surface area contributed by atoms with Crippen molar-refractivity contribution in [2.24, 2.45) is 0 Å². The maximum atomic E-state index is 11.0. The molecule has 4 heteroatoms. The summed E-state index contributed by atoms with van der Waals surface area (Å²) in [5.74, 6) is 0. The van der Waals surface area contributed by atoms with Crippen LogP contribution in [0.15, 0.2) is 11.6 Å². The van der Waals surface area contributed by atoms with Crippen LogP contribution in [0.5, 0.6) is 0 Å². The monoisotopic (exact) mass is 183 g/mol. The topological polar surface area (TPSA) is 53.2 Å². The third-order valence-electron chi connectivity index (χ3n) is 1.97. The highest BCUT2D eigenvalue weighted by molar-refractivity contribution is 5.74. The van der Waals surface area contributed by atoms with Crippen molar-refractivity contribution < 1.29 is 4.79 Å². The van der Waals surface area contributed by atoms with Gasteiger partial charge < -0.3 is 16.0 Å². The third kappa shape index (κ3) is 3.94. The van der Waals surface area contributed by atoms with Crippen molar-refractivity contribution in [2.75, 3.05) is 26.2 Å². The van der Waals surface area contributed by atoms with Gasteiger partial charge in [-0.1, -0.05) is 11.6 Å². The van der Waals surface area contributed by atoms with Gasteiger partial charge in [-0.25, -0.2) is 4.79 Å². The minimum atomic E-state index is -0.0815. The SMILES string of the molecule is CCNC(=O)NCC1=CCNCC1. The average molecular weight is 183 g/mol. The van der Waals surface area contributed by atoms with Crippen LogP contribution in [0.3, 0.4) is 0 Å². The Kier molecular flexibility index (Phi) is 4.32. The van der Waals surface area contributed by atoms with Gasteiger partial charge in [-0.2, -0.15) is 0 Å². The van der Waals surface area contributed by atoms with Gasteiger partial charge in [0.2, 0.25) is 0 Å². The Labute approximate surface area is 78.8 Å². The molecular weight excluding hydrogens is 166 g/mol. The molecule has 1 rings (SSSR count). The summed E-state index contributed by atoms with van der Waals surface area (Å²) in [5, 5.41) is 8.72. The van der Waals surface area contributed by atoms with E-state index in [1.165, 1.54) is 5.57 Å². The summed E-state index contributed by atoms with van der Waals surface area (Å²) in [7, 11) is 0. The summed E-state index contributed by atoms with van der Waals surface area (Å²) in [6.45, 7) is 5.19. The molecule has 0 saturated carbocycles. The highest BCUT2D eigenvalue weighted by Crippen LogP contribution is 2.01. The standard InChI is InChI=1S/C9H17N3O/c1-2-11-9(13)12-7-8-3-5-10-6-4-8/h3,10H,2,4-7H2,1H3,(H2,11,12,13). The Morgan fingerprint density at radius 2 is 2.46 bits per heavy atom. The lowest BCUT2D eigenvalue weighted by atomic mass is 10.1. The Bertz CT molecular complexity index is 201. The smallest absolute Gasteiger partial charge is 0.315 e. The van der Waals surface area contributed by atoms with Gasteiger partial charge in [0.15, 0.2) is 0 Å². The van der Waals surface area contributed by atoms with Crippen LogP contribution in [-0.2, 0) is 0 Å². The zero-order chi connectivity index (χ0) is 9.52. The van der Waals surface area contributed by atoms with Gasteiger partial charge in [0.1, 0.15) is 0 Å². The first kappa shape index (κ1) is 10.1. The Morgan fingerprint density at radius 3 is 3.08 bits per heavy atom. The van der Waals surface area contributed by atoms with E-state index < -0.39 is 0 Å². The molecule has 4 nitrogen and oxygen atoms in total. The predicted molar refractivity (Wildman–Crippen MR) is 52.6 cm³/mol. The van der Waals surface area contributed by atoms with E-state index in [9.17, 15) is 4.79 Å². The molecule has 13 heavy (non-hydrogen) atoms. The lowest BCUT2D eigenvalue weighted by Gasteiger charge is -2.14. The molecule has 0 spiro atoms. The Balaban J connectivity index is 2.17. The molecule has 0 aromatic heterocycles. The largest absolute Gasteiger partial charge is 0.338 e. The zero-order valence-electron chi connectivity index (χ0n) is 8.02. The first-order chi connectivity index (χ1) is 6.33. The molecule has 0 aromatic carbocycles. The molecule has 1 aliphatic rings. The fourth-order valence-corrected chi connectivity index (χ4v) is 1.25. The molecular formula is C9H17N3O. The highest BCUT2D eigenvalue weighted by atomic mass is 16.2. The Hall–Kier alpha value is -1.03. The quantitative estimate of drug-likeness (QED) is 0.548. The Morgan fingerprint density at radius 1 is 1.62 bits per heavy atom. The lowest BCUT2D eigenvalue weighted by molar-refractivity contribution is 0.242. The van der Waals surface area contributed by atoms with Gasteiger partial charge in [-0.3, -0.25) is 0 Å². The summed E-state index contributed by atoms with van der Waals surface area (Å²) >= 11 is 0. The number of amides is 2. The first-order valence-corrected chi connectivity index (χ1v) is 4.73. The van der Waals surface area contributed by atoms with Crippen LogP contribution >= 0.6 is 0 Å². The second kappa shape index (κ2) is 5.59. The number of carbonyl (C=O) groups excluding carboxylic acids is 1. The molecule has 0 fully saturated rings. The summed E-state index contributed by atoms with van der Waals surface area (Å²) in [5.41, 5.74) is 1.31. The van der Waals surface area contributed by atoms with E-state index in [0.717, 1.165) is 19.5 Å². The van der Waals surface area contributed by atoms with Gasteiger partial charge in [0.25, 0.3) is 0 Å². The molecule has 0 bridgehead atoms. The second-order valence-electron chi connectivity index (χ2n) is 3.03. The summed E-state index contributed by atoms with van der Waals surface area (Å²) in [6.07, 6.45) is 3.17. The van der Waals surface area contributed by atoms with Gasteiger partial charge in [0.05, 0.1) is 0 Å². The second-order valence-corrected chi connectivity index (χ2v) is 3.03. The van der Waals surface area contributed by atoms with E-state index in [1.54, 1.807) is 0 Å². The molecule has 0 aliphatic carbocycles. The first-order valence-electron chi connectivity index (χ1n) is 4.73. The molecule has 0 saturated heterocycles. The van der Waals surface area contributed by atoms with Crippen molar-refractivity contribution in [3.05, 3.63) is 11.6 Å². The van der Waals surface area contributed by atoms with Crippen molar-refractivity contribution in [3.63, 3.8) is 0 Å². The molecule has 74 valence electrons. The fraction of sp³-hybridized carbons (Fsp3) is 0.667. The molecule has 3 N–H and O–H groups in total. The molecule has 2 amide bonds. The summed E-state index contributed by atoms with van der Waals surface area (Å²) in [6, 6.07) is -0.0815. The van der Waals surface area contributed by atoms with E-state index in [1.807, 2.05) is 6.92 Å². The van der Waals surface area contributed by atoms with E-state index in [2.05, 4.69) is 22.0 Å². The predicted octanol–water partition coefficient (Wildman–Crippen LogP) is 0.225. The number of rotatable bonds is 3. The van der Waals surface area contributed by atoms with Gasteiger partial charge in [-0.05, 0) is 19.9 Å². The van der Waals surface area contributed by atoms with Crippen LogP contribution in [-0.4, -0.2) is 32.2 Å². The van der Waals surface area contributed by atoms with E-state index in [0.29, 0.717) is 13.1 Å².